The molecular weight excluding hydrogens is 240 g/mol. The molecule has 0 N–H and O–H groups in total. The van der Waals surface area contributed by atoms with Crippen LogP contribution in [-0.2, 0) is 4.74 Å². The van der Waals surface area contributed by atoms with Crippen LogP contribution in [0.5, 0.6) is 0 Å². The molecular formula is C15H12N2O2. The molecule has 94 valence electrons. The predicted octanol–water partition coefficient (Wildman–Crippen LogP) is 2.79. The number of aromatic nitrogens is 2. The van der Waals surface area contributed by atoms with Gasteiger partial charge in [0, 0.05) is 11.8 Å². The van der Waals surface area contributed by atoms with Gasteiger partial charge in [-0.2, -0.15) is 0 Å². The van der Waals surface area contributed by atoms with E-state index in [0.29, 0.717) is 5.69 Å². The molecule has 4 heteroatoms. The van der Waals surface area contributed by atoms with Crippen molar-refractivity contribution in [2.24, 2.45) is 0 Å². The summed E-state index contributed by atoms with van der Waals surface area (Å²) in [6.07, 6.45) is 1.84. The number of hydrogen-bond acceptors (Lipinski definition) is 3. The first-order chi connectivity index (χ1) is 9.29. The van der Waals surface area contributed by atoms with Gasteiger partial charge in [-0.05, 0) is 12.1 Å². The number of esters is 1. The molecule has 0 aliphatic carbocycles. The van der Waals surface area contributed by atoms with Gasteiger partial charge in [0.05, 0.1) is 12.8 Å². The molecule has 0 fully saturated rings. The monoisotopic (exact) mass is 252 g/mol. The molecule has 0 aliphatic rings. The first kappa shape index (κ1) is 11.5. The second-order valence-corrected chi connectivity index (χ2v) is 4.12. The lowest BCUT2D eigenvalue weighted by Gasteiger charge is -2.01. The SMILES string of the molecule is COC(=O)c1cccc2nc(-c3ccccc3)cn12. The summed E-state index contributed by atoms with van der Waals surface area (Å²) in [5.74, 6) is -0.373. The zero-order valence-corrected chi connectivity index (χ0v) is 10.4. The molecule has 3 aromatic rings. The van der Waals surface area contributed by atoms with Gasteiger partial charge < -0.3 is 4.74 Å². The van der Waals surface area contributed by atoms with Gasteiger partial charge in [0.1, 0.15) is 11.3 Å². The van der Waals surface area contributed by atoms with E-state index in [2.05, 4.69) is 4.98 Å². The van der Waals surface area contributed by atoms with Crippen LogP contribution in [0.1, 0.15) is 10.5 Å². The summed E-state index contributed by atoms with van der Waals surface area (Å²) in [4.78, 5) is 16.2. The van der Waals surface area contributed by atoms with E-state index >= 15 is 0 Å². The number of imidazole rings is 1. The molecule has 0 saturated carbocycles. The number of rotatable bonds is 2. The van der Waals surface area contributed by atoms with Crippen LogP contribution >= 0.6 is 0 Å². The minimum Gasteiger partial charge on any atom is -0.464 e. The van der Waals surface area contributed by atoms with Crippen LogP contribution in [0.2, 0.25) is 0 Å². The fourth-order valence-corrected chi connectivity index (χ4v) is 2.03. The lowest BCUT2D eigenvalue weighted by molar-refractivity contribution is 0.0592. The molecule has 0 aliphatic heterocycles. The average Bonchev–Trinajstić information content (AvgIpc) is 2.91. The van der Waals surface area contributed by atoms with Crippen molar-refractivity contribution in [3.63, 3.8) is 0 Å². The number of ether oxygens (including phenoxy) is 1. The second-order valence-electron chi connectivity index (χ2n) is 4.12. The number of carbonyl (C=O) groups excluding carboxylic acids is 1. The minimum atomic E-state index is -0.373. The zero-order chi connectivity index (χ0) is 13.2. The van der Waals surface area contributed by atoms with Crippen molar-refractivity contribution < 1.29 is 9.53 Å². The molecule has 0 unspecified atom stereocenters. The highest BCUT2D eigenvalue weighted by Crippen LogP contribution is 2.19. The third kappa shape index (κ3) is 1.97. The highest BCUT2D eigenvalue weighted by molar-refractivity contribution is 5.88. The molecule has 0 bridgehead atoms. The quantitative estimate of drug-likeness (QED) is 0.659. The van der Waals surface area contributed by atoms with Gasteiger partial charge in [-0.3, -0.25) is 4.40 Å². The van der Waals surface area contributed by atoms with Crippen LogP contribution < -0.4 is 0 Å². The molecule has 3 rings (SSSR count). The van der Waals surface area contributed by atoms with Gasteiger partial charge >= 0.3 is 5.97 Å². The maximum Gasteiger partial charge on any atom is 0.355 e. The van der Waals surface area contributed by atoms with E-state index in [0.717, 1.165) is 16.9 Å². The fourth-order valence-electron chi connectivity index (χ4n) is 2.03. The molecule has 4 nitrogen and oxygen atoms in total. The smallest absolute Gasteiger partial charge is 0.355 e. The predicted molar refractivity (Wildman–Crippen MR) is 72.0 cm³/mol. The van der Waals surface area contributed by atoms with Gasteiger partial charge in [0.2, 0.25) is 0 Å². The van der Waals surface area contributed by atoms with E-state index in [-0.39, 0.29) is 5.97 Å². The topological polar surface area (TPSA) is 43.6 Å². The van der Waals surface area contributed by atoms with Gasteiger partial charge in [-0.1, -0.05) is 36.4 Å². The molecule has 0 spiro atoms. The summed E-state index contributed by atoms with van der Waals surface area (Å²) in [5, 5.41) is 0. The molecule has 2 aromatic heterocycles. The Kier molecular flexibility index (Phi) is 2.76. The van der Waals surface area contributed by atoms with Crippen LogP contribution in [0.4, 0.5) is 0 Å². The van der Waals surface area contributed by atoms with Crippen LogP contribution in [0.3, 0.4) is 0 Å². The largest absolute Gasteiger partial charge is 0.464 e. The van der Waals surface area contributed by atoms with Crippen LogP contribution in [-0.4, -0.2) is 22.5 Å². The third-order valence-corrected chi connectivity index (χ3v) is 2.96. The Labute approximate surface area is 110 Å². The molecule has 1 aromatic carbocycles. The Morgan fingerprint density at radius 1 is 1.11 bits per heavy atom. The first-order valence-corrected chi connectivity index (χ1v) is 5.91. The maximum absolute atomic E-state index is 11.7. The van der Waals surface area contributed by atoms with E-state index in [4.69, 9.17) is 4.74 Å². The summed E-state index contributed by atoms with van der Waals surface area (Å²) in [7, 11) is 1.37. The number of benzene rings is 1. The number of methoxy groups -OCH3 is 1. The molecule has 2 heterocycles. The van der Waals surface area contributed by atoms with Crippen molar-refractivity contribution in [1.29, 1.82) is 0 Å². The van der Waals surface area contributed by atoms with Crippen LogP contribution in [0.25, 0.3) is 16.9 Å². The summed E-state index contributed by atoms with van der Waals surface area (Å²) in [5.41, 5.74) is 3.04. The molecule has 0 radical (unpaired) electrons. The van der Waals surface area contributed by atoms with Crippen LogP contribution in [0, 0.1) is 0 Å². The Balaban J connectivity index is 2.19. The number of nitrogens with zero attached hydrogens (tertiary/aromatic N) is 2. The van der Waals surface area contributed by atoms with E-state index in [9.17, 15) is 4.79 Å². The number of carbonyl (C=O) groups is 1. The summed E-state index contributed by atoms with van der Waals surface area (Å²) in [6, 6.07) is 15.2. The number of fused-ring (bicyclic) bond motifs is 1. The average molecular weight is 252 g/mol. The number of pyridine rings is 1. The van der Waals surface area contributed by atoms with E-state index < -0.39 is 0 Å². The van der Waals surface area contributed by atoms with Crippen molar-refractivity contribution >= 4 is 11.6 Å². The molecule has 0 atom stereocenters. The maximum atomic E-state index is 11.7. The third-order valence-electron chi connectivity index (χ3n) is 2.96. The first-order valence-electron chi connectivity index (χ1n) is 5.91. The Hall–Kier alpha value is -2.62. The normalized spacial score (nSPS) is 10.6. The van der Waals surface area contributed by atoms with Gasteiger partial charge in [-0.15, -0.1) is 0 Å². The fraction of sp³-hybridized carbons (Fsp3) is 0.0667. The van der Waals surface area contributed by atoms with Gasteiger partial charge in [0.15, 0.2) is 0 Å². The standard InChI is InChI=1S/C15H12N2O2/c1-19-15(18)13-8-5-9-14-16-12(10-17(13)14)11-6-3-2-4-7-11/h2-10H,1H3. The van der Waals surface area contributed by atoms with E-state index in [1.54, 1.807) is 16.5 Å². The van der Waals surface area contributed by atoms with Crippen molar-refractivity contribution in [2.75, 3.05) is 7.11 Å². The Morgan fingerprint density at radius 2 is 1.89 bits per heavy atom. The molecule has 19 heavy (non-hydrogen) atoms. The van der Waals surface area contributed by atoms with Crippen molar-refractivity contribution in [3.05, 3.63) is 60.4 Å². The minimum absolute atomic E-state index is 0.373. The highest BCUT2D eigenvalue weighted by Gasteiger charge is 2.12. The highest BCUT2D eigenvalue weighted by atomic mass is 16.5. The lowest BCUT2D eigenvalue weighted by atomic mass is 10.2. The molecule has 0 amide bonds. The van der Waals surface area contributed by atoms with Crippen LogP contribution in [0.15, 0.2) is 54.7 Å². The number of hydrogen-bond donors (Lipinski definition) is 0. The van der Waals surface area contributed by atoms with E-state index in [1.807, 2.05) is 42.6 Å². The summed E-state index contributed by atoms with van der Waals surface area (Å²) in [6.45, 7) is 0. The lowest BCUT2D eigenvalue weighted by Crippen LogP contribution is -2.06. The molecule has 0 saturated heterocycles. The van der Waals surface area contributed by atoms with Gasteiger partial charge in [0.25, 0.3) is 0 Å². The van der Waals surface area contributed by atoms with E-state index in [1.165, 1.54) is 7.11 Å². The van der Waals surface area contributed by atoms with Crippen molar-refractivity contribution in [3.8, 4) is 11.3 Å². The Morgan fingerprint density at radius 3 is 2.63 bits per heavy atom. The van der Waals surface area contributed by atoms with Gasteiger partial charge in [-0.25, -0.2) is 9.78 Å². The van der Waals surface area contributed by atoms with Crippen molar-refractivity contribution in [2.45, 2.75) is 0 Å². The summed E-state index contributed by atoms with van der Waals surface area (Å²) < 4.78 is 6.52. The summed E-state index contributed by atoms with van der Waals surface area (Å²) >= 11 is 0. The Bertz CT molecular complexity index is 732. The van der Waals surface area contributed by atoms with Crippen molar-refractivity contribution in [1.82, 2.24) is 9.38 Å². The zero-order valence-electron chi connectivity index (χ0n) is 10.4. The second kappa shape index (κ2) is 4.57.